The molecule has 2 aromatic carbocycles. The molecule has 0 aliphatic carbocycles. The molecule has 2 N–H and O–H groups in total. The van der Waals surface area contributed by atoms with E-state index in [1.54, 1.807) is 30.3 Å². The van der Waals surface area contributed by atoms with E-state index in [1.165, 1.54) is 19.2 Å². The second-order valence-corrected chi connectivity index (χ2v) is 8.65. The Morgan fingerprint density at radius 2 is 2.00 bits per heavy atom. The van der Waals surface area contributed by atoms with Crippen molar-refractivity contribution >= 4 is 33.7 Å². The maximum Gasteiger partial charge on any atom is 0.337 e. The quantitative estimate of drug-likeness (QED) is 0.702. The lowest BCUT2D eigenvalue weighted by Gasteiger charge is -2.12. The molecule has 0 radical (unpaired) electrons. The van der Waals surface area contributed by atoms with E-state index >= 15 is 0 Å². The molecule has 0 saturated carbocycles. The highest BCUT2D eigenvalue weighted by Gasteiger charge is 2.27. The van der Waals surface area contributed by atoms with E-state index in [0.717, 1.165) is 5.56 Å². The summed E-state index contributed by atoms with van der Waals surface area (Å²) in [6.45, 7) is 0.532. The van der Waals surface area contributed by atoms with Gasteiger partial charge < -0.3 is 10.1 Å². The van der Waals surface area contributed by atoms with E-state index in [2.05, 4.69) is 10.0 Å². The summed E-state index contributed by atoms with van der Waals surface area (Å²) in [5.41, 5.74) is 1.35. The van der Waals surface area contributed by atoms with Gasteiger partial charge >= 0.3 is 5.97 Å². The van der Waals surface area contributed by atoms with Crippen molar-refractivity contribution in [2.24, 2.45) is 0 Å². The van der Waals surface area contributed by atoms with Gasteiger partial charge in [-0.15, -0.1) is 0 Å². The number of halogens is 1. The standard InChI is InChI=1S/C20H21ClN2O4S/c1-27-20(24)15-4-2-3-14(11-15)5-8-17-12-18(13-22-17)23-28(25,26)19-9-6-16(21)7-10-19/h2-11,17-18,22-23H,12-13H2,1H3. The molecule has 0 spiro atoms. The van der Waals surface area contributed by atoms with Gasteiger partial charge in [0.25, 0.3) is 0 Å². The number of hydrogen-bond donors (Lipinski definition) is 2. The molecular formula is C20H21ClN2O4S. The largest absolute Gasteiger partial charge is 0.465 e. The van der Waals surface area contributed by atoms with Crippen LogP contribution in [0.15, 0.2) is 59.5 Å². The fourth-order valence-electron chi connectivity index (χ4n) is 3.02. The summed E-state index contributed by atoms with van der Waals surface area (Å²) < 4.78 is 32.4. The molecular weight excluding hydrogens is 400 g/mol. The van der Waals surface area contributed by atoms with Crippen LogP contribution >= 0.6 is 11.6 Å². The van der Waals surface area contributed by atoms with Crippen molar-refractivity contribution in [2.75, 3.05) is 13.7 Å². The number of carbonyl (C=O) groups excluding carboxylic acids is 1. The van der Waals surface area contributed by atoms with Crippen LogP contribution in [0.25, 0.3) is 6.08 Å². The van der Waals surface area contributed by atoms with Crippen LogP contribution in [0.3, 0.4) is 0 Å². The predicted molar refractivity (Wildman–Crippen MR) is 109 cm³/mol. The maximum atomic E-state index is 12.5. The van der Waals surface area contributed by atoms with Crippen molar-refractivity contribution in [1.82, 2.24) is 10.0 Å². The molecule has 1 saturated heterocycles. The van der Waals surface area contributed by atoms with Gasteiger partial charge in [-0.1, -0.05) is 35.9 Å². The lowest BCUT2D eigenvalue weighted by atomic mass is 10.1. The minimum absolute atomic E-state index is 0.0275. The van der Waals surface area contributed by atoms with Crippen LogP contribution < -0.4 is 10.0 Å². The van der Waals surface area contributed by atoms with Gasteiger partial charge in [0.15, 0.2) is 0 Å². The molecule has 1 fully saturated rings. The van der Waals surface area contributed by atoms with E-state index in [1.807, 2.05) is 18.2 Å². The van der Waals surface area contributed by atoms with E-state index in [0.29, 0.717) is 23.6 Å². The van der Waals surface area contributed by atoms with Gasteiger partial charge in [0.1, 0.15) is 0 Å². The Labute approximate surface area is 169 Å². The number of rotatable bonds is 6. The van der Waals surface area contributed by atoms with Crippen molar-refractivity contribution in [1.29, 1.82) is 0 Å². The third kappa shape index (κ3) is 5.20. The molecule has 0 amide bonds. The topological polar surface area (TPSA) is 84.5 Å². The lowest BCUT2D eigenvalue weighted by molar-refractivity contribution is 0.0600. The third-order valence-electron chi connectivity index (χ3n) is 4.44. The summed E-state index contributed by atoms with van der Waals surface area (Å²) >= 11 is 5.81. The molecule has 2 unspecified atom stereocenters. The molecule has 1 aliphatic heterocycles. The van der Waals surface area contributed by atoms with Gasteiger partial charge in [-0.3, -0.25) is 0 Å². The van der Waals surface area contributed by atoms with Crippen LogP contribution in [0.2, 0.25) is 5.02 Å². The third-order valence-corrected chi connectivity index (χ3v) is 6.23. The fraction of sp³-hybridized carbons (Fsp3) is 0.250. The molecule has 2 atom stereocenters. The number of hydrogen-bond acceptors (Lipinski definition) is 5. The number of benzene rings is 2. The first kappa shape index (κ1) is 20.5. The highest BCUT2D eigenvalue weighted by Crippen LogP contribution is 2.17. The van der Waals surface area contributed by atoms with Crippen LogP contribution in [-0.4, -0.2) is 40.1 Å². The van der Waals surface area contributed by atoms with Gasteiger partial charge in [-0.05, 0) is 48.4 Å². The van der Waals surface area contributed by atoms with E-state index in [4.69, 9.17) is 16.3 Å². The minimum Gasteiger partial charge on any atom is -0.465 e. The smallest absolute Gasteiger partial charge is 0.337 e. The first-order chi connectivity index (χ1) is 13.4. The van der Waals surface area contributed by atoms with Crippen molar-refractivity contribution in [3.05, 3.63) is 70.8 Å². The maximum absolute atomic E-state index is 12.5. The molecule has 6 nitrogen and oxygen atoms in total. The molecule has 28 heavy (non-hydrogen) atoms. The molecule has 8 heteroatoms. The highest BCUT2D eigenvalue weighted by molar-refractivity contribution is 7.89. The summed E-state index contributed by atoms with van der Waals surface area (Å²) in [4.78, 5) is 11.8. The summed E-state index contributed by atoms with van der Waals surface area (Å²) in [6.07, 6.45) is 4.49. The van der Waals surface area contributed by atoms with Crippen LogP contribution in [0, 0.1) is 0 Å². The van der Waals surface area contributed by atoms with E-state index in [9.17, 15) is 13.2 Å². The first-order valence-corrected chi connectivity index (χ1v) is 10.6. The van der Waals surface area contributed by atoms with Crippen molar-refractivity contribution < 1.29 is 17.9 Å². The lowest BCUT2D eigenvalue weighted by Crippen LogP contribution is -2.36. The second kappa shape index (κ2) is 8.87. The Kier molecular flexibility index (Phi) is 6.51. The minimum atomic E-state index is -3.59. The molecule has 0 aromatic heterocycles. The number of esters is 1. The Morgan fingerprint density at radius 1 is 1.25 bits per heavy atom. The van der Waals surface area contributed by atoms with Gasteiger partial charge in [0.2, 0.25) is 10.0 Å². The van der Waals surface area contributed by atoms with Crippen molar-refractivity contribution in [3.8, 4) is 0 Å². The highest BCUT2D eigenvalue weighted by atomic mass is 35.5. The molecule has 3 rings (SSSR count). The Hall–Kier alpha value is -2.19. The van der Waals surface area contributed by atoms with Crippen LogP contribution in [0.5, 0.6) is 0 Å². The number of carbonyl (C=O) groups is 1. The predicted octanol–water partition coefficient (Wildman–Crippen LogP) is 2.85. The Bertz CT molecular complexity index is 974. The summed E-state index contributed by atoms with van der Waals surface area (Å²) in [7, 11) is -2.25. The monoisotopic (exact) mass is 420 g/mol. The zero-order valence-electron chi connectivity index (χ0n) is 15.3. The summed E-state index contributed by atoms with van der Waals surface area (Å²) in [5.74, 6) is -0.383. The van der Waals surface area contributed by atoms with Gasteiger partial charge in [-0.2, -0.15) is 0 Å². The molecule has 2 aromatic rings. The summed E-state index contributed by atoms with van der Waals surface area (Å²) in [6, 6.07) is 13.0. The van der Waals surface area contributed by atoms with Gasteiger partial charge in [0.05, 0.1) is 17.6 Å². The summed E-state index contributed by atoms with van der Waals surface area (Å²) in [5, 5.41) is 3.77. The Morgan fingerprint density at radius 3 is 2.71 bits per heavy atom. The molecule has 148 valence electrons. The van der Waals surface area contributed by atoms with Crippen LogP contribution in [0.4, 0.5) is 0 Å². The number of nitrogens with one attached hydrogen (secondary N) is 2. The fourth-order valence-corrected chi connectivity index (χ4v) is 4.39. The molecule has 0 bridgehead atoms. The number of methoxy groups -OCH3 is 1. The molecule has 1 aliphatic rings. The zero-order valence-corrected chi connectivity index (χ0v) is 16.8. The van der Waals surface area contributed by atoms with Crippen LogP contribution in [0.1, 0.15) is 22.3 Å². The van der Waals surface area contributed by atoms with Gasteiger partial charge in [-0.25, -0.2) is 17.9 Å². The first-order valence-electron chi connectivity index (χ1n) is 8.75. The van der Waals surface area contributed by atoms with E-state index in [-0.39, 0.29) is 22.9 Å². The van der Waals surface area contributed by atoms with Crippen molar-refractivity contribution in [2.45, 2.75) is 23.4 Å². The average molecular weight is 421 g/mol. The van der Waals surface area contributed by atoms with Gasteiger partial charge in [0, 0.05) is 23.7 Å². The normalized spacial score (nSPS) is 19.8. The van der Waals surface area contributed by atoms with E-state index < -0.39 is 10.0 Å². The van der Waals surface area contributed by atoms with Crippen LogP contribution in [-0.2, 0) is 14.8 Å². The number of sulfonamides is 1. The Balaban J connectivity index is 1.60. The molecule has 1 heterocycles. The van der Waals surface area contributed by atoms with Crippen molar-refractivity contribution in [3.63, 3.8) is 0 Å². The average Bonchev–Trinajstić information content (AvgIpc) is 3.13. The zero-order chi connectivity index (χ0) is 20.1. The SMILES string of the molecule is COC(=O)c1cccc(C=CC2CC(NS(=O)(=O)c3ccc(Cl)cc3)CN2)c1. The second-order valence-electron chi connectivity index (χ2n) is 6.50. The number of ether oxygens (including phenoxy) is 1.